The Morgan fingerprint density at radius 1 is 1.70 bits per heavy atom. The van der Waals surface area contributed by atoms with Crippen molar-refractivity contribution in [3.63, 3.8) is 0 Å². The molecule has 1 rings (SSSR count). The van der Waals surface area contributed by atoms with E-state index in [4.69, 9.17) is 0 Å². The molecule has 3 nitrogen and oxygen atoms in total. The molecule has 4 heteroatoms. The Kier molecular flexibility index (Phi) is 3.93. The third-order valence-corrected chi connectivity index (χ3v) is 1.07. The predicted molar refractivity (Wildman–Crippen MR) is 30.2 cm³/mol. The molecule has 0 fully saturated rings. The molecular formula is C6H6LiNO2. The molecule has 0 unspecified atom stereocenters. The molecule has 0 aromatic rings. The predicted octanol–water partition coefficient (Wildman–Crippen LogP) is -4.22. The summed E-state index contributed by atoms with van der Waals surface area (Å²) in [6.45, 7) is 0.360. The first-order valence-electron chi connectivity index (χ1n) is 2.61. The Morgan fingerprint density at radius 3 is 2.70 bits per heavy atom. The molecule has 1 aliphatic rings. The van der Waals surface area contributed by atoms with Crippen molar-refractivity contribution in [2.75, 3.05) is 6.54 Å². The van der Waals surface area contributed by atoms with Crippen LogP contribution in [0.2, 0.25) is 0 Å². The average Bonchev–Trinajstić information content (AvgIpc) is 1.90. The largest absolute Gasteiger partial charge is 1.00 e. The number of allylic oxidation sites excluding steroid dienone is 2. The van der Waals surface area contributed by atoms with Gasteiger partial charge >= 0.3 is 18.9 Å². The summed E-state index contributed by atoms with van der Waals surface area (Å²) in [5.74, 6) is -1.10. The van der Waals surface area contributed by atoms with Crippen molar-refractivity contribution in [1.29, 1.82) is 0 Å². The molecule has 1 heterocycles. The van der Waals surface area contributed by atoms with Crippen molar-refractivity contribution < 1.29 is 28.8 Å². The minimum Gasteiger partial charge on any atom is -0.545 e. The summed E-state index contributed by atoms with van der Waals surface area (Å²) < 4.78 is 0. The van der Waals surface area contributed by atoms with Crippen LogP contribution in [-0.4, -0.2) is 12.5 Å². The van der Waals surface area contributed by atoms with E-state index in [1.54, 1.807) is 12.3 Å². The van der Waals surface area contributed by atoms with Crippen LogP contribution < -0.4 is 29.3 Å². The maximum atomic E-state index is 10.1. The fourth-order valence-electron chi connectivity index (χ4n) is 0.600. The van der Waals surface area contributed by atoms with Crippen molar-refractivity contribution in [2.24, 2.45) is 0 Å². The zero-order chi connectivity index (χ0) is 6.69. The van der Waals surface area contributed by atoms with Crippen molar-refractivity contribution in [2.45, 2.75) is 0 Å². The number of dihydropyridines is 1. The van der Waals surface area contributed by atoms with Crippen LogP contribution in [0.4, 0.5) is 0 Å². The van der Waals surface area contributed by atoms with Gasteiger partial charge in [0.25, 0.3) is 0 Å². The molecule has 10 heavy (non-hydrogen) atoms. The SMILES string of the molecule is O=C([O-])C1=CC=CNC1.[Li+]. The fourth-order valence-corrected chi connectivity index (χ4v) is 0.600. The Labute approximate surface area is 71.0 Å². The zero-order valence-corrected chi connectivity index (χ0v) is 5.76. The molecule has 0 aliphatic carbocycles. The second-order valence-corrected chi connectivity index (χ2v) is 1.72. The van der Waals surface area contributed by atoms with E-state index in [-0.39, 0.29) is 24.4 Å². The molecule has 1 N–H and O–H groups in total. The molecule has 0 bridgehead atoms. The van der Waals surface area contributed by atoms with E-state index in [9.17, 15) is 9.90 Å². The molecule has 48 valence electrons. The van der Waals surface area contributed by atoms with Gasteiger partial charge in [-0.05, 0) is 17.8 Å². The normalized spacial score (nSPS) is 14.6. The summed E-state index contributed by atoms with van der Waals surface area (Å²) in [7, 11) is 0. The van der Waals surface area contributed by atoms with Crippen molar-refractivity contribution in [3.8, 4) is 0 Å². The minimum absolute atomic E-state index is 0. The summed E-state index contributed by atoms with van der Waals surface area (Å²) in [5, 5.41) is 12.8. The van der Waals surface area contributed by atoms with E-state index < -0.39 is 5.97 Å². The molecular weight excluding hydrogens is 125 g/mol. The van der Waals surface area contributed by atoms with Crippen molar-refractivity contribution >= 4 is 5.97 Å². The summed E-state index contributed by atoms with van der Waals surface area (Å²) in [6, 6.07) is 0. The van der Waals surface area contributed by atoms with Gasteiger partial charge in [0.15, 0.2) is 0 Å². The summed E-state index contributed by atoms with van der Waals surface area (Å²) >= 11 is 0. The van der Waals surface area contributed by atoms with Gasteiger partial charge in [0.05, 0.1) is 5.97 Å². The molecule has 0 saturated carbocycles. The molecule has 0 saturated heterocycles. The zero-order valence-electron chi connectivity index (χ0n) is 5.76. The Morgan fingerprint density at radius 2 is 2.40 bits per heavy atom. The van der Waals surface area contributed by atoms with Crippen LogP contribution in [0.1, 0.15) is 0 Å². The molecule has 0 radical (unpaired) electrons. The van der Waals surface area contributed by atoms with E-state index in [1.807, 2.05) is 0 Å². The van der Waals surface area contributed by atoms with E-state index in [1.165, 1.54) is 6.08 Å². The topological polar surface area (TPSA) is 52.2 Å². The van der Waals surface area contributed by atoms with E-state index in [0.717, 1.165) is 0 Å². The summed E-state index contributed by atoms with van der Waals surface area (Å²) in [5.41, 5.74) is 0.289. The van der Waals surface area contributed by atoms with E-state index in [0.29, 0.717) is 6.54 Å². The van der Waals surface area contributed by atoms with Gasteiger partial charge < -0.3 is 15.2 Å². The third kappa shape index (κ3) is 2.30. The number of aliphatic carboxylic acids is 1. The smallest absolute Gasteiger partial charge is 0.545 e. The number of hydrogen-bond donors (Lipinski definition) is 1. The van der Waals surface area contributed by atoms with Crippen LogP contribution in [0, 0.1) is 0 Å². The number of carboxylic acids is 1. The first-order chi connectivity index (χ1) is 4.30. The molecule has 0 amide bonds. The minimum atomic E-state index is -1.10. The van der Waals surface area contributed by atoms with Crippen molar-refractivity contribution in [3.05, 3.63) is 23.9 Å². The maximum Gasteiger partial charge on any atom is 1.00 e. The Bertz CT molecular complexity index is 186. The standard InChI is InChI=1S/C6H7NO2.Li/c8-6(9)5-2-1-3-7-4-5;/h1-3,7H,4H2,(H,8,9);/q;+1/p-1. The van der Waals surface area contributed by atoms with Crippen LogP contribution in [0.25, 0.3) is 0 Å². The molecule has 0 aromatic heterocycles. The van der Waals surface area contributed by atoms with Crippen LogP contribution in [0.3, 0.4) is 0 Å². The number of rotatable bonds is 1. The van der Waals surface area contributed by atoms with Crippen molar-refractivity contribution in [1.82, 2.24) is 5.32 Å². The van der Waals surface area contributed by atoms with E-state index >= 15 is 0 Å². The number of carbonyl (C=O) groups excluding carboxylic acids is 1. The number of carboxylic acid groups (broad SMARTS) is 1. The second-order valence-electron chi connectivity index (χ2n) is 1.72. The Hall–Kier alpha value is -0.653. The average molecular weight is 131 g/mol. The number of carbonyl (C=O) groups is 1. The first kappa shape index (κ1) is 9.35. The van der Waals surface area contributed by atoms with Gasteiger partial charge in [-0.15, -0.1) is 0 Å². The molecule has 0 atom stereocenters. The summed E-state index contributed by atoms with van der Waals surface area (Å²) in [4.78, 5) is 10.1. The van der Waals surface area contributed by atoms with Crippen LogP contribution in [0.15, 0.2) is 23.9 Å². The second kappa shape index (κ2) is 4.21. The molecule has 0 spiro atoms. The third-order valence-electron chi connectivity index (χ3n) is 1.07. The van der Waals surface area contributed by atoms with Gasteiger partial charge in [0.1, 0.15) is 0 Å². The van der Waals surface area contributed by atoms with Gasteiger partial charge in [-0.3, -0.25) is 0 Å². The first-order valence-corrected chi connectivity index (χ1v) is 2.61. The van der Waals surface area contributed by atoms with E-state index in [2.05, 4.69) is 5.32 Å². The fraction of sp³-hybridized carbons (Fsp3) is 0.167. The van der Waals surface area contributed by atoms with Crippen LogP contribution >= 0.6 is 0 Å². The quantitative estimate of drug-likeness (QED) is 0.367. The molecule has 0 aromatic carbocycles. The van der Waals surface area contributed by atoms with Gasteiger partial charge in [-0.1, -0.05) is 6.08 Å². The molecule has 1 aliphatic heterocycles. The van der Waals surface area contributed by atoms with Gasteiger partial charge in [0, 0.05) is 6.54 Å². The number of hydrogen-bond acceptors (Lipinski definition) is 3. The number of nitrogens with one attached hydrogen (secondary N) is 1. The maximum absolute atomic E-state index is 10.1. The summed E-state index contributed by atoms with van der Waals surface area (Å²) in [6.07, 6.45) is 4.84. The van der Waals surface area contributed by atoms with Crippen LogP contribution in [0.5, 0.6) is 0 Å². The van der Waals surface area contributed by atoms with Crippen LogP contribution in [-0.2, 0) is 4.79 Å². The van der Waals surface area contributed by atoms with Gasteiger partial charge in [0.2, 0.25) is 0 Å². The van der Waals surface area contributed by atoms with Gasteiger partial charge in [-0.2, -0.15) is 0 Å². The van der Waals surface area contributed by atoms with Gasteiger partial charge in [-0.25, -0.2) is 0 Å². The monoisotopic (exact) mass is 131 g/mol. The Balaban J connectivity index is 0.000000810.